The summed E-state index contributed by atoms with van der Waals surface area (Å²) < 4.78 is 5.16. The number of hydrogen-bond acceptors (Lipinski definition) is 5. The molecular formula is C22H25N3O3S. The number of amidine groups is 1. The third-order valence-electron chi connectivity index (χ3n) is 4.68. The summed E-state index contributed by atoms with van der Waals surface area (Å²) in [6.07, 6.45) is 1.80. The largest absolute Gasteiger partial charge is 0.497 e. The molecule has 0 aliphatic carbocycles. The van der Waals surface area contributed by atoms with Crippen LogP contribution in [0.15, 0.2) is 47.5 Å². The van der Waals surface area contributed by atoms with Crippen LogP contribution in [0.3, 0.4) is 0 Å². The summed E-state index contributed by atoms with van der Waals surface area (Å²) in [5.74, 6) is 0.239. The van der Waals surface area contributed by atoms with E-state index in [1.165, 1.54) is 11.8 Å². The van der Waals surface area contributed by atoms with E-state index in [9.17, 15) is 9.59 Å². The Morgan fingerprint density at radius 2 is 1.86 bits per heavy atom. The van der Waals surface area contributed by atoms with Crippen LogP contribution >= 0.6 is 11.8 Å². The molecule has 7 heteroatoms. The molecule has 1 fully saturated rings. The van der Waals surface area contributed by atoms with Crippen molar-refractivity contribution in [1.29, 1.82) is 0 Å². The zero-order valence-electron chi connectivity index (χ0n) is 16.8. The molecule has 6 nitrogen and oxygen atoms in total. The fourth-order valence-corrected chi connectivity index (χ4v) is 4.11. The second-order valence-electron chi connectivity index (χ2n) is 6.63. The van der Waals surface area contributed by atoms with Gasteiger partial charge in [0, 0.05) is 18.2 Å². The zero-order chi connectivity index (χ0) is 20.8. The van der Waals surface area contributed by atoms with Crippen LogP contribution in [0.1, 0.15) is 31.4 Å². The topological polar surface area (TPSA) is 79.8 Å². The predicted octanol–water partition coefficient (Wildman–Crippen LogP) is 4.07. The number of ether oxygens (including phenoxy) is 1. The van der Waals surface area contributed by atoms with Crippen molar-refractivity contribution >= 4 is 40.1 Å². The Labute approximate surface area is 175 Å². The number of thioether (sulfide) groups is 1. The van der Waals surface area contributed by atoms with E-state index in [1.54, 1.807) is 31.4 Å². The van der Waals surface area contributed by atoms with Crippen molar-refractivity contribution in [2.45, 2.75) is 38.4 Å². The number of aliphatic imine (C=N–C) groups is 1. The number of carbonyl (C=O) groups excluding carboxylic acids is 2. The van der Waals surface area contributed by atoms with Gasteiger partial charge in [0.2, 0.25) is 11.8 Å². The normalized spacial score (nSPS) is 17.3. The summed E-state index contributed by atoms with van der Waals surface area (Å²) in [5, 5.41) is 5.67. The minimum absolute atomic E-state index is 0.0722. The van der Waals surface area contributed by atoms with Crippen molar-refractivity contribution in [3.8, 4) is 5.75 Å². The molecule has 1 aliphatic heterocycles. The molecule has 1 aliphatic rings. The van der Waals surface area contributed by atoms with Crippen molar-refractivity contribution in [2.75, 3.05) is 12.4 Å². The minimum atomic E-state index is -0.502. The van der Waals surface area contributed by atoms with Gasteiger partial charge in [-0.25, -0.2) is 4.99 Å². The number of carbonyl (C=O) groups is 2. The summed E-state index contributed by atoms with van der Waals surface area (Å²) in [4.78, 5) is 29.5. The van der Waals surface area contributed by atoms with Crippen LogP contribution in [-0.4, -0.2) is 29.3 Å². The van der Waals surface area contributed by atoms with E-state index in [0.29, 0.717) is 16.6 Å². The number of hydrogen-bond donors (Lipinski definition) is 2. The standard InChI is InChI=1S/C22H25N3O3S/c1-4-14-8-6-9-15(5-2)20(14)24-22-25-21(27)18(29-22)13-19(26)23-16-10-7-11-17(12-16)28-3/h6-12,18H,4-5,13H2,1-3H3,(H,23,26)(H,24,25,27)/t18-/m1/s1. The van der Waals surface area contributed by atoms with E-state index >= 15 is 0 Å². The van der Waals surface area contributed by atoms with Crippen molar-refractivity contribution < 1.29 is 14.3 Å². The second-order valence-corrected chi connectivity index (χ2v) is 7.82. The van der Waals surface area contributed by atoms with Crippen LogP contribution in [-0.2, 0) is 22.4 Å². The maximum Gasteiger partial charge on any atom is 0.240 e. The fraction of sp³-hybridized carbons (Fsp3) is 0.318. The monoisotopic (exact) mass is 411 g/mol. The molecule has 0 spiro atoms. The molecular weight excluding hydrogens is 386 g/mol. The number of methoxy groups -OCH3 is 1. The third kappa shape index (κ3) is 5.17. The van der Waals surface area contributed by atoms with Crippen LogP contribution in [0.25, 0.3) is 0 Å². The molecule has 29 heavy (non-hydrogen) atoms. The van der Waals surface area contributed by atoms with Crippen molar-refractivity contribution in [2.24, 2.45) is 4.99 Å². The highest BCUT2D eigenvalue weighted by atomic mass is 32.2. The van der Waals surface area contributed by atoms with Crippen molar-refractivity contribution in [1.82, 2.24) is 5.32 Å². The lowest BCUT2D eigenvalue weighted by atomic mass is 10.0. The summed E-state index contributed by atoms with van der Waals surface area (Å²) in [6, 6.07) is 13.3. The van der Waals surface area contributed by atoms with Gasteiger partial charge < -0.3 is 15.4 Å². The van der Waals surface area contributed by atoms with Gasteiger partial charge in [0.15, 0.2) is 5.17 Å². The Balaban J connectivity index is 1.69. The minimum Gasteiger partial charge on any atom is -0.497 e. The predicted molar refractivity (Wildman–Crippen MR) is 118 cm³/mol. The molecule has 0 radical (unpaired) electrons. The Kier molecular flexibility index (Phi) is 6.93. The third-order valence-corrected chi connectivity index (χ3v) is 5.76. The quantitative estimate of drug-likeness (QED) is 0.720. The first-order valence-corrected chi connectivity index (χ1v) is 10.5. The molecule has 3 rings (SSSR count). The first kappa shape index (κ1) is 20.9. The molecule has 1 atom stereocenters. The molecule has 1 heterocycles. The highest BCUT2D eigenvalue weighted by Gasteiger charge is 2.32. The number of nitrogens with one attached hydrogen (secondary N) is 2. The summed E-state index contributed by atoms with van der Waals surface area (Å²) >= 11 is 1.30. The highest BCUT2D eigenvalue weighted by molar-refractivity contribution is 8.15. The Hall–Kier alpha value is -2.80. The average molecular weight is 412 g/mol. The lowest BCUT2D eigenvalue weighted by Crippen LogP contribution is -2.28. The van der Waals surface area contributed by atoms with E-state index in [4.69, 9.17) is 9.73 Å². The zero-order valence-corrected chi connectivity index (χ0v) is 17.6. The first-order valence-electron chi connectivity index (χ1n) is 9.64. The van der Waals surface area contributed by atoms with Crippen LogP contribution in [0.4, 0.5) is 11.4 Å². The van der Waals surface area contributed by atoms with Crippen molar-refractivity contribution in [3.63, 3.8) is 0 Å². The van der Waals surface area contributed by atoms with Crippen LogP contribution in [0.2, 0.25) is 0 Å². The van der Waals surface area contributed by atoms with Gasteiger partial charge in [-0.1, -0.05) is 49.9 Å². The van der Waals surface area contributed by atoms with Crippen LogP contribution in [0, 0.1) is 0 Å². The fourth-order valence-electron chi connectivity index (χ4n) is 3.13. The Bertz CT molecular complexity index is 920. The van der Waals surface area contributed by atoms with Gasteiger partial charge in [-0.3, -0.25) is 9.59 Å². The van der Waals surface area contributed by atoms with Gasteiger partial charge >= 0.3 is 0 Å². The Morgan fingerprint density at radius 1 is 1.17 bits per heavy atom. The first-order chi connectivity index (χ1) is 14.0. The smallest absolute Gasteiger partial charge is 0.240 e. The molecule has 0 aromatic heterocycles. The number of benzene rings is 2. The molecule has 2 N–H and O–H groups in total. The molecule has 1 saturated heterocycles. The van der Waals surface area contributed by atoms with Gasteiger partial charge in [-0.15, -0.1) is 0 Å². The van der Waals surface area contributed by atoms with E-state index in [2.05, 4.69) is 36.6 Å². The highest BCUT2D eigenvalue weighted by Crippen LogP contribution is 2.30. The lowest BCUT2D eigenvalue weighted by Gasteiger charge is -2.09. The van der Waals surface area contributed by atoms with Gasteiger partial charge in [0.05, 0.1) is 12.8 Å². The molecule has 2 aromatic carbocycles. The molecule has 2 amide bonds. The summed E-state index contributed by atoms with van der Waals surface area (Å²) in [6.45, 7) is 4.18. The van der Waals surface area contributed by atoms with Crippen LogP contribution in [0.5, 0.6) is 5.75 Å². The maximum absolute atomic E-state index is 12.4. The average Bonchev–Trinajstić information content (AvgIpc) is 3.06. The number of amides is 2. The van der Waals surface area contributed by atoms with Gasteiger partial charge in [-0.05, 0) is 36.1 Å². The van der Waals surface area contributed by atoms with E-state index < -0.39 is 5.25 Å². The van der Waals surface area contributed by atoms with E-state index in [-0.39, 0.29) is 18.2 Å². The molecule has 0 bridgehead atoms. The van der Waals surface area contributed by atoms with Gasteiger partial charge in [0.1, 0.15) is 11.0 Å². The molecule has 0 unspecified atom stereocenters. The molecule has 0 saturated carbocycles. The number of aryl methyl sites for hydroxylation is 2. The Morgan fingerprint density at radius 3 is 2.52 bits per heavy atom. The number of rotatable bonds is 7. The van der Waals surface area contributed by atoms with Crippen molar-refractivity contribution in [3.05, 3.63) is 53.6 Å². The second kappa shape index (κ2) is 9.60. The molecule has 2 aromatic rings. The van der Waals surface area contributed by atoms with Gasteiger partial charge in [0.25, 0.3) is 0 Å². The number of para-hydroxylation sites is 1. The SMILES string of the molecule is CCc1cccc(CC)c1N=C1NC(=O)[C@@H](CC(=O)Nc2cccc(OC)c2)S1. The van der Waals surface area contributed by atoms with E-state index in [1.807, 2.05) is 6.07 Å². The van der Waals surface area contributed by atoms with Gasteiger partial charge in [-0.2, -0.15) is 0 Å². The number of nitrogens with zero attached hydrogens (tertiary/aromatic N) is 1. The lowest BCUT2D eigenvalue weighted by molar-refractivity contribution is -0.122. The maximum atomic E-state index is 12.4. The van der Waals surface area contributed by atoms with E-state index in [0.717, 1.165) is 29.7 Å². The summed E-state index contributed by atoms with van der Waals surface area (Å²) in [5.41, 5.74) is 3.84. The number of anilines is 1. The van der Waals surface area contributed by atoms with Crippen LogP contribution < -0.4 is 15.4 Å². The summed E-state index contributed by atoms with van der Waals surface area (Å²) in [7, 11) is 1.57. The molecule has 152 valence electrons.